The van der Waals surface area contributed by atoms with Crippen molar-refractivity contribution in [1.82, 2.24) is 0 Å². The second-order valence-corrected chi connectivity index (χ2v) is 14.5. The van der Waals surface area contributed by atoms with Crippen LogP contribution in [0.15, 0.2) is 164 Å². The molecule has 0 unspecified atom stereocenters. The summed E-state index contributed by atoms with van der Waals surface area (Å²) < 4.78 is 5.00. The fourth-order valence-electron chi connectivity index (χ4n) is 7.16. The van der Waals surface area contributed by atoms with E-state index in [1.54, 1.807) is 11.3 Å². The van der Waals surface area contributed by atoms with E-state index < -0.39 is 0 Å². The van der Waals surface area contributed by atoms with Gasteiger partial charge in [-0.25, -0.2) is 0 Å². The van der Waals surface area contributed by atoms with Gasteiger partial charge in [0, 0.05) is 52.7 Å². The van der Waals surface area contributed by atoms with E-state index in [0.717, 1.165) is 21.8 Å². The number of fused-ring (bicyclic) bond motifs is 7. The molecule has 0 saturated carbocycles. The molecule has 0 aliphatic rings. The number of benzene rings is 7. The third-order valence-electron chi connectivity index (χ3n) is 9.54. The minimum Gasteiger partial charge on any atom is -0.310 e. The molecular formula is C46H27NS2. The van der Waals surface area contributed by atoms with E-state index in [4.69, 9.17) is 0 Å². The van der Waals surface area contributed by atoms with Crippen molar-refractivity contribution < 1.29 is 0 Å². The highest BCUT2D eigenvalue weighted by molar-refractivity contribution is 7.26. The lowest BCUT2D eigenvalue weighted by molar-refractivity contribution is 1.30. The fourth-order valence-corrected chi connectivity index (χ4v) is 9.38. The van der Waals surface area contributed by atoms with Crippen molar-refractivity contribution in [3.8, 4) is 22.3 Å². The van der Waals surface area contributed by atoms with Gasteiger partial charge in [-0.3, -0.25) is 0 Å². The summed E-state index contributed by atoms with van der Waals surface area (Å²) in [6, 6.07) is 66.1. The highest BCUT2D eigenvalue weighted by Gasteiger charge is 2.17. The molecule has 0 radical (unpaired) electrons. The van der Waals surface area contributed by atoms with Crippen LogP contribution in [0.3, 0.4) is 0 Å². The zero-order valence-electron chi connectivity index (χ0n) is 26.4. The summed E-state index contributed by atoms with van der Waals surface area (Å²) in [5.74, 6) is 0. The summed E-state index contributed by atoms with van der Waals surface area (Å²) in [7, 11) is 0. The minimum absolute atomic E-state index is 1.12. The lowest BCUT2D eigenvalue weighted by Gasteiger charge is -2.26. The standard InChI is InChI=1S/C46H27NS2/c1-2-9-31(10-3-1)37-14-8-11-32-17-18-33(27-42(32)37)30-19-21-34(22-20-30)47(35-23-25-40-38-12-4-6-15-43(38)48-45(40)28-35)36-24-26-41-39-13-5-7-16-44(39)49-46(41)29-36/h1-6,8-15,17-29H. The van der Waals surface area contributed by atoms with Crippen LogP contribution >= 0.6 is 22.7 Å². The van der Waals surface area contributed by atoms with Gasteiger partial charge in [0.05, 0.1) is 4.70 Å². The molecule has 2 aromatic heterocycles. The Morgan fingerprint density at radius 2 is 1.10 bits per heavy atom. The van der Waals surface area contributed by atoms with Gasteiger partial charge >= 0.3 is 0 Å². The van der Waals surface area contributed by atoms with Crippen molar-refractivity contribution in [3.63, 3.8) is 0 Å². The average Bonchev–Trinajstić information content (AvgIpc) is 3.73. The maximum atomic E-state index is 3.31. The number of anilines is 3. The Hall–Kier alpha value is -5.92. The van der Waals surface area contributed by atoms with Gasteiger partial charge in [-0.2, -0.15) is 0 Å². The van der Waals surface area contributed by atoms with Gasteiger partial charge in [0.1, 0.15) is 0 Å². The smallest absolute Gasteiger partial charge is 0.0857 e. The zero-order chi connectivity index (χ0) is 32.3. The SMILES string of the molecule is c1ccc2c(c#1)sc1cc(N(c3ccc(-c4ccc5cccc(-c6ccccc6)c5c4)cc3)c3ccc4c(c3)sc3ccccc34)ccc12. The van der Waals surface area contributed by atoms with Crippen LogP contribution in [0.25, 0.3) is 73.4 Å². The molecule has 2 heterocycles. The van der Waals surface area contributed by atoms with E-state index in [2.05, 4.69) is 175 Å². The van der Waals surface area contributed by atoms with Crippen molar-refractivity contribution in [1.29, 1.82) is 0 Å². The normalized spacial score (nSPS) is 11.5. The van der Waals surface area contributed by atoms with E-state index in [-0.39, 0.29) is 0 Å². The quantitative estimate of drug-likeness (QED) is 0.178. The number of hydrogen-bond acceptors (Lipinski definition) is 3. The van der Waals surface area contributed by atoms with Crippen molar-refractivity contribution in [2.75, 3.05) is 4.90 Å². The molecule has 0 fully saturated rings. The van der Waals surface area contributed by atoms with Crippen LogP contribution in [0.4, 0.5) is 17.1 Å². The fraction of sp³-hybridized carbons (Fsp3) is 0. The van der Waals surface area contributed by atoms with Crippen LogP contribution < -0.4 is 4.90 Å². The van der Waals surface area contributed by atoms with Gasteiger partial charge in [-0.15, -0.1) is 22.7 Å². The average molecular weight is 658 g/mol. The predicted molar refractivity (Wildman–Crippen MR) is 213 cm³/mol. The molecule has 3 heteroatoms. The third kappa shape index (κ3) is 4.77. The highest BCUT2D eigenvalue weighted by atomic mass is 32.1. The molecule has 0 aliphatic carbocycles. The van der Waals surface area contributed by atoms with Crippen molar-refractivity contribution in [2.24, 2.45) is 0 Å². The van der Waals surface area contributed by atoms with E-state index in [9.17, 15) is 0 Å². The molecule has 0 aliphatic heterocycles. The molecule has 8 aromatic carbocycles. The second kappa shape index (κ2) is 11.4. The summed E-state index contributed by atoms with van der Waals surface area (Å²) in [6.07, 6.45) is 0. The van der Waals surface area contributed by atoms with Crippen LogP contribution in [-0.4, -0.2) is 0 Å². The lowest BCUT2D eigenvalue weighted by Crippen LogP contribution is -2.09. The van der Waals surface area contributed by atoms with Crippen LogP contribution in [0, 0.1) is 12.1 Å². The van der Waals surface area contributed by atoms with E-state index in [1.165, 1.54) is 68.7 Å². The molecule has 10 rings (SSSR count). The highest BCUT2D eigenvalue weighted by Crippen LogP contribution is 2.43. The van der Waals surface area contributed by atoms with E-state index >= 15 is 0 Å². The molecule has 228 valence electrons. The van der Waals surface area contributed by atoms with Gasteiger partial charge < -0.3 is 4.90 Å². The molecular weight excluding hydrogens is 631 g/mol. The zero-order valence-corrected chi connectivity index (χ0v) is 28.0. The number of hydrogen-bond donors (Lipinski definition) is 0. The summed E-state index contributed by atoms with van der Waals surface area (Å²) in [5, 5.41) is 7.62. The van der Waals surface area contributed by atoms with Gasteiger partial charge in [-0.1, -0.05) is 115 Å². The molecule has 0 amide bonds. The van der Waals surface area contributed by atoms with Crippen LogP contribution in [0.2, 0.25) is 0 Å². The molecule has 10 aromatic rings. The predicted octanol–water partition coefficient (Wildman–Crippen LogP) is 14.0. The topological polar surface area (TPSA) is 3.24 Å². The molecule has 0 spiro atoms. The Morgan fingerprint density at radius 3 is 1.94 bits per heavy atom. The minimum atomic E-state index is 1.12. The van der Waals surface area contributed by atoms with Gasteiger partial charge in [-0.05, 0) is 93.7 Å². The van der Waals surface area contributed by atoms with Crippen molar-refractivity contribution in [2.45, 2.75) is 0 Å². The first-order valence-corrected chi connectivity index (χ1v) is 18.0. The first-order chi connectivity index (χ1) is 24.3. The summed E-state index contributed by atoms with van der Waals surface area (Å²) >= 11 is 3.63. The molecule has 0 atom stereocenters. The first kappa shape index (κ1) is 28.1. The summed E-state index contributed by atoms with van der Waals surface area (Å²) in [4.78, 5) is 2.39. The van der Waals surface area contributed by atoms with Gasteiger partial charge in [0.25, 0.3) is 0 Å². The number of thiophene rings is 2. The van der Waals surface area contributed by atoms with Crippen molar-refractivity contribution in [3.05, 3.63) is 176 Å². The van der Waals surface area contributed by atoms with Gasteiger partial charge in [0.2, 0.25) is 0 Å². The summed E-state index contributed by atoms with van der Waals surface area (Å²) in [5.41, 5.74) is 8.29. The Morgan fingerprint density at radius 1 is 0.408 bits per heavy atom. The molecule has 0 saturated heterocycles. The first-order valence-electron chi connectivity index (χ1n) is 16.4. The van der Waals surface area contributed by atoms with Crippen LogP contribution in [-0.2, 0) is 0 Å². The number of rotatable bonds is 5. The Bertz CT molecular complexity index is 2710. The summed E-state index contributed by atoms with van der Waals surface area (Å²) in [6.45, 7) is 0. The maximum absolute atomic E-state index is 3.31. The Kier molecular flexibility index (Phi) is 6.52. The van der Waals surface area contributed by atoms with Crippen LogP contribution in [0.1, 0.15) is 0 Å². The lowest BCUT2D eigenvalue weighted by atomic mass is 9.95. The van der Waals surface area contributed by atoms with Crippen molar-refractivity contribution >= 4 is 90.9 Å². The molecule has 49 heavy (non-hydrogen) atoms. The Labute approximate surface area is 292 Å². The monoisotopic (exact) mass is 657 g/mol. The molecule has 0 N–H and O–H groups in total. The van der Waals surface area contributed by atoms with Crippen LogP contribution in [0.5, 0.6) is 0 Å². The van der Waals surface area contributed by atoms with Gasteiger partial charge in [0.15, 0.2) is 0 Å². The Balaban J connectivity index is 1.10. The second-order valence-electron chi connectivity index (χ2n) is 12.4. The molecule has 0 bridgehead atoms. The maximum Gasteiger partial charge on any atom is 0.0857 e. The number of nitrogens with zero attached hydrogens (tertiary/aromatic N) is 1. The van der Waals surface area contributed by atoms with E-state index in [1.807, 2.05) is 17.4 Å². The molecule has 1 nitrogen and oxygen atoms in total. The van der Waals surface area contributed by atoms with E-state index in [0.29, 0.717) is 0 Å². The largest absolute Gasteiger partial charge is 0.310 e. The third-order valence-corrected chi connectivity index (χ3v) is 11.8.